The molecule has 0 unspecified atom stereocenters. The lowest BCUT2D eigenvalue weighted by atomic mass is 10.1. The average Bonchev–Trinajstić information content (AvgIpc) is 3.38. The number of rotatable bonds is 4. The van der Waals surface area contributed by atoms with Crippen LogP contribution in [0.15, 0.2) is 27.6 Å². The number of hydrogen-bond acceptors (Lipinski definition) is 5. The first-order chi connectivity index (χ1) is 10.9. The summed E-state index contributed by atoms with van der Waals surface area (Å²) in [6, 6.07) is 6.30. The SMILES string of the molecule is N#Cc1cc(Br)cc(S(=O)(=O)N2CCO[C@H](C(=O)C3CC3)C2)c1. The third-order valence-corrected chi connectivity index (χ3v) is 6.27. The highest BCUT2D eigenvalue weighted by molar-refractivity contribution is 9.10. The van der Waals surface area contributed by atoms with Crippen molar-refractivity contribution in [2.75, 3.05) is 19.7 Å². The van der Waals surface area contributed by atoms with Gasteiger partial charge in [-0.05, 0) is 31.0 Å². The highest BCUT2D eigenvalue weighted by Crippen LogP contribution is 2.33. The Kier molecular flexibility index (Phi) is 4.56. The van der Waals surface area contributed by atoms with Gasteiger partial charge in [-0.25, -0.2) is 8.42 Å². The molecule has 3 rings (SSSR count). The Morgan fingerprint density at radius 1 is 1.35 bits per heavy atom. The van der Waals surface area contributed by atoms with Crippen molar-refractivity contribution in [3.63, 3.8) is 0 Å². The monoisotopic (exact) mass is 398 g/mol. The van der Waals surface area contributed by atoms with E-state index in [1.54, 1.807) is 6.07 Å². The smallest absolute Gasteiger partial charge is 0.243 e. The molecule has 1 aromatic carbocycles. The van der Waals surface area contributed by atoms with Crippen molar-refractivity contribution in [2.24, 2.45) is 5.92 Å². The maximum Gasteiger partial charge on any atom is 0.243 e. The van der Waals surface area contributed by atoms with Gasteiger partial charge in [0.15, 0.2) is 5.78 Å². The summed E-state index contributed by atoms with van der Waals surface area (Å²) in [5.41, 5.74) is 0.261. The second-order valence-electron chi connectivity index (χ2n) is 5.69. The lowest BCUT2D eigenvalue weighted by Crippen LogP contribution is -2.48. The number of benzene rings is 1. The van der Waals surface area contributed by atoms with Gasteiger partial charge in [0, 0.05) is 23.5 Å². The fraction of sp³-hybridized carbons (Fsp3) is 0.467. The molecule has 0 amide bonds. The molecule has 122 valence electrons. The number of halogens is 1. The summed E-state index contributed by atoms with van der Waals surface area (Å²) in [7, 11) is -3.77. The van der Waals surface area contributed by atoms with Gasteiger partial charge in [0.2, 0.25) is 10.0 Å². The Morgan fingerprint density at radius 3 is 2.74 bits per heavy atom. The highest BCUT2D eigenvalue weighted by atomic mass is 79.9. The van der Waals surface area contributed by atoms with Gasteiger partial charge in [-0.2, -0.15) is 9.57 Å². The maximum absolute atomic E-state index is 12.8. The van der Waals surface area contributed by atoms with Crippen molar-refractivity contribution in [1.29, 1.82) is 5.26 Å². The van der Waals surface area contributed by atoms with Crippen LogP contribution in [0.1, 0.15) is 18.4 Å². The number of ketones is 1. The van der Waals surface area contributed by atoms with Gasteiger partial charge in [0.05, 0.1) is 23.1 Å². The third-order valence-electron chi connectivity index (χ3n) is 3.96. The predicted molar refractivity (Wildman–Crippen MR) is 85.1 cm³/mol. The second-order valence-corrected chi connectivity index (χ2v) is 8.54. The van der Waals surface area contributed by atoms with E-state index in [1.807, 2.05) is 6.07 Å². The second kappa shape index (κ2) is 6.32. The van der Waals surface area contributed by atoms with Crippen LogP contribution in [0.2, 0.25) is 0 Å². The fourth-order valence-corrected chi connectivity index (χ4v) is 4.71. The molecule has 0 bridgehead atoms. The van der Waals surface area contributed by atoms with Crippen molar-refractivity contribution in [1.82, 2.24) is 4.31 Å². The molecule has 2 fully saturated rings. The molecule has 0 spiro atoms. The molecular weight excluding hydrogens is 384 g/mol. The van der Waals surface area contributed by atoms with Gasteiger partial charge in [0.25, 0.3) is 0 Å². The van der Waals surface area contributed by atoms with Crippen molar-refractivity contribution < 1.29 is 17.9 Å². The van der Waals surface area contributed by atoms with Crippen LogP contribution >= 0.6 is 15.9 Å². The van der Waals surface area contributed by atoms with Gasteiger partial charge in [-0.3, -0.25) is 4.79 Å². The number of ether oxygens (including phenoxy) is 1. The summed E-state index contributed by atoms with van der Waals surface area (Å²) in [6.07, 6.45) is 1.04. The van der Waals surface area contributed by atoms with Gasteiger partial charge in [-0.15, -0.1) is 0 Å². The maximum atomic E-state index is 12.8. The van der Waals surface area contributed by atoms with Crippen LogP contribution in [0.5, 0.6) is 0 Å². The molecule has 0 radical (unpaired) electrons. The first-order valence-electron chi connectivity index (χ1n) is 7.28. The standard InChI is InChI=1S/C15H15BrN2O4S/c16-12-5-10(8-17)6-13(7-12)23(20,21)18-3-4-22-14(9-18)15(19)11-1-2-11/h5-7,11,14H,1-4,9H2/t14-/m0/s1. The molecule has 0 N–H and O–H groups in total. The van der Waals surface area contributed by atoms with Crippen molar-refractivity contribution in [3.05, 3.63) is 28.2 Å². The molecule has 1 heterocycles. The van der Waals surface area contributed by atoms with Gasteiger partial charge in [0.1, 0.15) is 6.10 Å². The quantitative estimate of drug-likeness (QED) is 0.769. The number of morpholine rings is 1. The molecule has 1 aliphatic heterocycles. The summed E-state index contributed by atoms with van der Waals surface area (Å²) in [5.74, 6) is 0.0237. The summed E-state index contributed by atoms with van der Waals surface area (Å²) in [4.78, 5) is 12.2. The minimum Gasteiger partial charge on any atom is -0.368 e. The molecule has 23 heavy (non-hydrogen) atoms. The van der Waals surface area contributed by atoms with E-state index in [1.165, 1.54) is 16.4 Å². The summed E-state index contributed by atoms with van der Waals surface area (Å²) in [5, 5.41) is 9.00. The Bertz CT molecular complexity index is 783. The van der Waals surface area contributed by atoms with Crippen LogP contribution in [0.4, 0.5) is 0 Å². The van der Waals surface area contributed by atoms with E-state index in [2.05, 4.69) is 15.9 Å². The van der Waals surface area contributed by atoms with E-state index in [0.29, 0.717) is 4.47 Å². The molecule has 6 nitrogen and oxygen atoms in total. The van der Waals surface area contributed by atoms with Gasteiger partial charge in [-0.1, -0.05) is 15.9 Å². The minimum atomic E-state index is -3.77. The first kappa shape index (κ1) is 16.6. The van der Waals surface area contributed by atoms with Gasteiger partial charge >= 0.3 is 0 Å². The third kappa shape index (κ3) is 3.48. The Balaban J connectivity index is 1.85. The zero-order valence-electron chi connectivity index (χ0n) is 12.2. The number of sulfonamides is 1. The summed E-state index contributed by atoms with van der Waals surface area (Å²) >= 11 is 3.22. The Labute approximate surface area is 143 Å². The molecule has 1 aliphatic carbocycles. The number of hydrogen-bond donors (Lipinski definition) is 0. The van der Waals surface area contributed by atoms with E-state index < -0.39 is 16.1 Å². The van der Waals surface area contributed by atoms with Crippen LogP contribution in [-0.2, 0) is 19.6 Å². The van der Waals surface area contributed by atoms with E-state index in [9.17, 15) is 13.2 Å². The molecule has 1 saturated carbocycles. The number of Topliss-reactive ketones (excluding diaryl/α,β-unsaturated/α-hetero) is 1. The topological polar surface area (TPSA) is 87.5 Å². The van der Waals surface area contributed by atoms with Gasteiger partial charge < -0.3 is 4.74 Å². The van der Waals surface area contributed by atoms with Crippen LogP contribution in [-0.4, -0.2) is 44.3 Å². The molecule has 1 aromatic rings. The van der Waals surface area contributed by atoms with E-state index >= 15 is 0 Å². The Morgan fingerprint density at radius 2 is 2.09 bits per heavy atom. The van der Waals surface area contributed by atoms with Crippen molar-refractivity contribution >= 4 is 31.7 Å². The summed E-state index contributed by atoms with van der Waals surface area (Å²) < 4.78 is 32.8. The van der Waals surface area contributed by atoms with Crippen molar-refractivity contribution in [3.8, 4) is 6.07 Å². The predicted octanol–water partition coefficient (Wildman–Crippen LogP) is 1.69. The van der Waals surface area contributed by atoms with Crippen LogP contribution in [0, 0.1) is 17.2 Å². The molecule has 1 atom stereocenters. The summed E-state index contributed by atoms with van der Waals surface area (Å²) in [6.45, 7) is 0.429. The molecule has 2 aliphatic rings. The molecule has 8 heteroatoms. The highest BCUT2D eigenvalue weighted by Gasteiger charge is 2.40. The molecule has 1 saturated heterocycles. The van der Waals surface area contributed by atoms with E-state index in [-0.39, 0.29) is 41.9 Å². The zero-order valence-corrected chi connectivity index (χ0v) is 14.6. The largest absolute Gasteiger partial charge is 0.368 e. The van der Waals surface area contributed by atoms with Crippen LogP contribution < -0.4 is 0 Å². The van der Waals surface area contributed by atoms with E-state index in [4.69, 9.17) is 10.00 Å². The van der Waals surface area contributed by atoms with Crippen molar-refractivity contribution in [2.45, 2.75) is 23.8 Å². The lowest BCUT2D eigenvalue weighted by molar-refractivity contribution is -0.135. The van der Waals surface area contributed by atoms with E-state index in [0.717, 1.165) is 12.8 Å². The van der Waals surface area contributed by atoms with Crippen LogP contribution in [0.25, 0.3) is 0 Å². The molecular formula is C15H15BrN2O4S. The zero-order chi connectivity index (χ0) is 16.6. The average molecular weight is 399 g/mol. The van der Waals surface area contributed by atoms with Crippen LogP contribution in [0.3, 0.4) is 0 Å². The Hall–Kier alpha value is -1.27. The molecule has 0 aromatic heterocycles. The minimum absolute atomic E-state index is 0.00291. The fourth-order valence-electron chi connectivity index (χ4n) is 2.57. The normalized spacial score (nSPS) is 22.5. The lowest BCUT2D eigenvalue weighted by Gasteiger charge is -2.31. The number of nitriles is 1. The first-order valence-corrected chi connectivity index (χ1v) is 9.51. The number of carbonyl (C=O) groups excluding carboxylic acids is 1. The number of nitrogens with zero attached hydrogens (tertiary/aromatic N) is 2. The number of carbonyl (C=O) groups is 1.